The Morgan fingerprint density at radius 2 is 1.81 bits per heavy atom. The van der Waals surface area contributed by atoms with Crippen LogP contribution < -0.4 is 15.4 Å². The minimum absolute atomic E-state index is 0.0103. The standard InChI is InChI=1S/C36H45N3O3S/c1-22-18-26(15-17-32(22)42-3)30-16-14-29(20-31(30)38-23(2)40)34(39-35(41)24-8-5-4-6-9-24)28-11-7-10-27(19-28)33-21-37-36(43-33)25-12-13-25/h7,10-11,15,17-19,21,24-25,29-31,34H,4-6,8-9,12-14,16,20H2,1-3H3,(H,38,40)(H,39,41). The molecule has 2 aromatic carbocycles. The van der Waals surface area contributed by atoms with Gasteiger partial charge in [0.2, 0.25) is 11.8 Å². The van der Waals surface area contributed by atoms with Gasteiger partial charge < -0.3 is 15.4 Å². The summed E-state index contributed by atoms with van der Waals surface area (Å²) in [6.45, 7) is 3.68. The molecule has 3 aliphatic carbocycles. The third-order valence-corrected chi connectivity index (χ3v) is 11.1. The summed E-state index contributed by atoms with van der Waals surface area (Å²) in [6, 6.07) is 15.0. The number of nitrogens with zero attached hydrogens (tertiary/aromatic N) is 1. The summed E-state index contributed by atoms with van der Waals surface area (Å²) in [7, 11) is 1.70. The van der Waals surface area contributed by atoms with Gasteiger partial charge >= 0.3 is 0 Å². The van der Waals surface area contributed by atoms with Crippen LogP contribution in [-0.4, -0.2) is 29.9 Å². The number of methoxy groups -OCH3 is 1. The van der Waals surface area contributed by atoms with Crippen molar-refractivity contribution in [2.24, 2.45) is 11.8 Å². The summed E-state index contributed by atoms with van der Waals surface area (Å²) in [5, 5.41) is 8.10. The van der Waals surface area contributed by atoms with Crippen molar-refractivity contribution in [3.05, 3.63) is 70.4 Å². The van der Waals surface area contributed by atoms with Crippen molar-refractivity contribution >= 4 is 23.2 Å². The number of aryl methyl sites for hydroxylation is 1. The number of carbonyl (C=O) groups is 2. The summed E-state index contributed by atoms with van der Waals surface area (Å²) in [5.74, 6) is 2.20. The third kappa shape index (κ3) is 6.98. The lowest BCUT2D eigenvalue weighted by Crippen LogP contribution is -2.46. The maximum absolute atomic E-state index is 13.7. The van der Waals surface area contributed by atoms with Crippen molar-refractivity contribution in [1.29, 1.82) is 0 Å². The number of hydrogen-bond donors (Lipinski definition) is 2. The molecule has 1 heterocycles. The van der Waals surface area contributed by atoms with Crippen LogP contribution in [0.3, 0.4) is 0 Å². The average molecular weight is 600 g/mol. The molecule has 4 atom stereocenters. The SMILES string of the molecule is COc1ccc(C2CCC(C(NC(=O)C3CCCCC3)c3cccc(-c4cnc(C5CC5)s4)c3)CC2NC(C)=O)cc1C. The molecule has 228 valence electrons. The maximum atomic E-state index is 13.7. The van der Waals surface area contributed by atoms with E-state index in [1.165, 1.54) is 40.3 Å². The van der Waals surface area contributed by atoms with E-state index >= 15 is 0 Å². The maximum Gasteiger partial charge on any atom is 0.223 e. The van der Waals surface area contributed by atoms with E-state index in [1.807, 2.05) is 12.3 Å². The Balaban J connectivity index is 1.29. The topological polar surface area (TPSA) is 80.3 Å². The molecule has 0 bridgehead atoms. The summed E-state index contributed by atoms with van der Waals surface area (Å²) < 4.78 is 5.51. The Kier molecular flexibility index (Phi) is 9.17. The summed E-state index contributed by atoms with van der Waals surface area (Å²) in [4.78, 5) is 32.1. The molecule has 0 saturated heterocycles. The molecule has 6 nitrogen and oxygen atoms in total. The molecular formula is C36H45N3O3S. The zero-order chi connectivity index (χ0) is 29.9. The van der Waals surface area contributed by atoms with Crippen molar-refractivity contribution < 1.29 is 14.3 Å². The zero-order valence-corrected chi connectivity index (χ0v) is 26.6. The molecule has 3 fully saturated rings. The predicted molar refractivity (Wildman–Crippen MR) is 172 cm³/mol. The second-order valence-corrected chi connectivity index (χ2v) is 14.1. The number of rotatable bonds is 9. The van der Waals surface area contributed by atoms with Crippen LogP contribution >= 0.6 is 11.3 Å². The highest BCUT2D eigenvalue weighted by atomic mass is 32.1. The fourth-order valence-electron chi connectivity index (χ4n) is 7.39. The van der Waals surface area contributed by atoms with Crippen molar-refractivity contribution in [3.63, 3.8) is 0 Å². The number of aromatic nitrogens is 1. The Bertz CT molecular complexity index is 1440. The average Bonchev–Trinajstić information content (AvgIpc) is 3.75. The van der Waals surface area contributed by atoms with Crippen molar-refractivity contribution in [2.45, 2.75) is 102 Å². The van der Waals surface area contributed by atoms with Crippen LogP contribution in [0.4, 0.5) is 0 Å². The van der Waals surface area contributed by atoms with E-state index in [9.17, 15) is 9.59 Å². The summed E-state index contributed by atoms with van der Waals surface area (Å²) >= 11 is 1.80. The van der Waals surface area contributed by atoms with Gasteiger partial charge in [0.25, 0.3) is 0 Å². The first-order chi connectivity index (χ1) is 20.9. The Hall–Kier alpha value is -3.19. The quantitative estimate of drug-likeness (QED) is 0.263. The van der Waals surface area contributed by atoms with Crippen LogP contribution in [0.25, 0.3) is 10.4 Å². The van der Waals surface area contributed by atoms with E-state index in [0.717, 1.165) is 61.8 Å². The van der Waals surface area contributed by atoms with Gasteiger partial charge in [0.1, 0.15) is 5.75 Å². The van der Waals surface area contributed by atoms with Gasteiger partial charge in [0.05, 0.1) is 23.0 Å². The molecule has 0 aliphatic heterocycles. The smallest absolute Gasteiger partial charge is 0.223 e. The van der Waals surface area contributed by atoms with E-state index in [2.05, 4.69) is 54.0 Å². The minimum atomic E-state index is -0.111. The van der Waals surface area contributed by atoms with Gasteiger partial charge in [-0.25, -0.2) is 4.98 Å². The van der Waals surface area contributed by atoms with Crippen LogP contribution in [0.5, 0.6) is 5.75 Å². The predicted octanol–water partition coefficient (Wildman–Crippen LogP) is 7.83. The molecule has 3 aromatic rings. The first kappa shape index (κ1) is 29.9. The fraction of sp³-hybridized carbons (Fsp3) is 0.528. The van der Waals surface area contributed by atoms with Crippen LogP contribution in [0.2, 0.25) is 0 Å². The Morgan fingerprint density at radius 1 is 1.00 bits per heavy atom. The van der Waals surface area contributed by atoms with Gasteiger partial charge in [-0.05, 0) is 92.2 Å². The van der Waals surface area contributed by atoms with E-state index in [-0.39, 0.29) is 41.7 Å². The van der Waals surface area contributed by atoms with Crippen LogP contribution in [0, 0.1) is 18.8 Å². The van der Waals surface area contributed by atoms with Gasteiger partial charge in [-0.1, -0.05) is 49.6 Å². The van der Waals surface area contributed by atoms with Gasteiger partial charge in [0.15, 0.2) is 0 Å². The van der Waals surface area contributed by atoms with Gasteiger partial charge in [0, 0.05) is 36.9 Å². The highest BCUT2D eigenvalue weighted by Gasteiger charge is 2.38. The number of thiazole rings is 1. The van der Waals surface area contributed by atoms with Gasteiger partial charge in [-0.15, -0.1) is 11.3 Å². The summed E-state index contributed by atoms with van der Waals surface area (Å²) in [5.41, 5.74) is 4.65. The molecule has 4 unspecified atom stereocenters. The third-order valence-electron chi connectivity index (χ3n) is 9.85. The molecule has 1 aromatic heterocycles. The monoisotopic (exact) mass is 599 g/mol. The number of carbonyl (C=O) groups excluding carboxylic acids is 2. The largest absolute Gasteiger partial charge is 0.496 e. The molecule has 6 rings (SSSR count). The van der Waals surface area contributed by atoms with E-state index in [1.54, 1.807) is 25.4 Å². The molecule has 3 saturated carbocycles. The highest BCUT2D eigenvalue weighted by molar-refractivity contribution is 7.15. The van der Waals surface area contributed by atoms with E-state index in [4.69, 9.17) is 9.72 Å². The van der Waals surface area contributed by atoms with Crippen LogP contribution in [-0.2, 0) is 9.59 Å². The molecule has 43 heavy (non-hydrogen) atoms. The highest BCUT2D eigenvalue weighted by Crippen LogP contribution is 2.45. The van der Waals surface area contributed by atoms with Crippen LogP contribution in [0.15, 0.2) is 48.7 Å². The van der Waals surface area contributed by atoms with Crippen LogP contribution in [0.1, 0.15) is 111 Å². The molecule has 3 aliphatic rings. The Labute approximate surface area is 260 Å². The van der Waals surface area contributed by atoms with Crippen molar-refractivity contribution in [1.82, 2.24) is 15.6 Å². The summed E-state index contributed by atoms with van der Waals surface area (Å²) in [6.07, 6.45) is 12.7. The number of hydrogen-bond acceptors (Lipinski definition) is 5. The fourth-order valence-corrected chi connectivity index (χ4v) is 8.48. The molecular weight excluding hydrogens is 554 g/mol. The first-order valence-corrected chi connectivity index (χ1v) is 17.0. The van der Waals surface area contributed by atoms with E-state index in [0.29, 0.717) is 5.92 Å². The van der Waals surface area contributed by atoms with E-state index < -0.39 is 0 Å². The minimum Gasteiger partial charge on any atom is -0.496 e. The lowest BCUT2D eigenvalue weighted by atomic mass is 9.71. The van der Waals surface area contributed by atoms with Gasteiger partial charge in [-0.3, -0.25) is 9.59 Å². The lowest BCUT2D eigenvalue weighted by molar-refractivity contribution is -0.127. The Morgan fingerprint density at radius 3 is 2.53 bits per heavy atom. The number of nitrogens with one attached hydrogen (secondary N) is 2. The van der Waals surface area contributed by atoms with Gasteiger partial charge in [-0.2, -0.15) is 0 Å². The molecule has 2 amide bonds. The second-order valence-electron chi connectivity index (χ2n) is 13.0. The number of benzene rings is 2. The molecule has 7 heteroatoms. The molecule has 0 spiro atoms. The normalized spacial score (nSPS) is 23.4. The number of amides is 2. The number of ether oxygens (including phenoxy) is 1. The second kappa shape index (κ2) is 13.2. The van der Waals surface area contributed by atoms with Crippen molar-refractivity contribution in [3.8, 4) is 16.2 Å². The lowest BCUT2D eigenvalue weighted by Gasteiger charge is -2.41. The molecule has 0 radical (unpaired) electrons. The molecule has 2 N–H and O–H groups in total. The first-order valence-electron chi connectivity index (χ1n) is 16.2. The van der Waals surface area contributed by atoms with Crippen molar-refractivity contribution in [2.75, 3.05) is 7.11 Å². The zero-order valence-electron chi connectivity index (χ0n) is 25.7.